The number of amides is 1. The van der Waals surface area contributed by atoms with Gasteiger partial charge in [-0.1, -0.05) is 0 Å². The zero-order valence-electron chi connectivity index (χ0n) is 14.7. The van der Waals surface area contributed by atoms with Crippen molar-refractivity contribution in [2.45, 2.75) is 18.6 Å². The van der Waals surface area contributed by atoms with Gasteiger partial charge in [-0.15, -0.1) is 0 Å². The smallest absolute Gasteiger partial charge is 0.254 e. The minimum atomic E-state index is -3.20. The Bertz CT molecular complexity index is 950. The van der Waals surface area contributed by atoms with Gasteiger partial charge in [0.05, 0.1) is 17.5 Å². The van der Waals surface area contributed by atoms with Gasteiger partial charge in [0.25, 0.3) is 5.91 Å². The zero-order valence-corrected chi connectivity index (χ0v) is 15.5. The number of carbonyl (C=O) groups is 1. The molecule has 2 atom stereocenters. The van der Waals surface area contributed by atoms with Crippen LogP contribution in [0.15, 0.2) is 42.9 Å². The highest BCUT2D eigenvalue weighted by atomic mass is 32.2. The van der Waals surface area contributed by atoms with Gasteiger partial charge in [-0.3, -0.25) is 14.7 Å². The van der Waals surface area contributed by atoms with E-state index in [9.17, 15) is 13.2 Å². The van der Waals surface area contributed by atoms with Crippen LogP contribution in [0, 0.1) is 0 Å². The minimum Gasteiger partial charge on any atom is -0.384 e. The molecule has 0 radical (unpaired) electrons. The number of nitrogen functional groups attached to an aromatic ring is 1. The van der Waals surface area contributed by atoms with Gasteiger partial charge in [-0.25, -0.2) is 13.4 Å². The Balaban J connectivity index is 1.59. The van der Waals surface area contributed by atoms with E-state index in [-0.39, 0.29) is 35.3 Å². The highest BCUT2D eigenvalue weighted by Crippen LogP contribution is 2.29. The van der Waals surface area contributed by atoms with Crippen molar-refractivity contribution in [3.63, 3.8) is 0 Å². The van der Waals surface area contributed by atoms with Crippen molar-refractivity contribution in [1.82, 2.24) is 19.8 Å². The van der Waals surface area contributed by atoms with Gasteiger partial charge in [0.1, 0.15) is 5.82 Å². The summed E-state index contributed by atoms with van der Waals surface area (Å²) < 4.78 is 24.7. The van der Waals surface area contributed by atoms with Crippen LogP contribution in [-0.2, 0) is 16.4 Å². The summed E-state index contributed by atoms with van der Waals surface area (Å²) in [6.45, 7) is 1.73. The second-order valence-corrected chi connectivity index (χ2v) is 9.16. The number of hydrogen-bond donors (Lipinski definition) is 1. The lowest BCUT2D eigenvalue weighted by Crippen LogP contribution is -2.60. The molecule has 2 N–H and O–H groups in total. The average molecular weight is 387 g/mol. The van der Waals surface area contributed by atoms with Crippen molar-refractivity contribution in [2.75, 3.05) is 30.3 Å². The molecule has 2 aromatic rings. The van der Waals surface area contributed by atoms with Gasteiger partial charge < -0.3 is 10.6 Å². The molecule has 4 heterocycles. The van der Waals surface area contributed by atoms with Gasteiger partial charge >= 0.3 is 0 Å². The molecule has 0 unspecified atom stereocenters. The van der Waals surface area contributed by atoms with Crippen molar-refractivity contribution >= 4 is 21.6 Å². The van der Waals surface area contributed by atoms with E-state index < -0.39 is 9.84 Å². The first-order valence-corrected chi connectivity index (χ1v) is 10.6. The number of fused-ring (bicyclic) bond motifs is 1. The van der Waals surface area contributed by atoms with Crippen LogP contribution in [0.5, 0.6) is 0 Å². The Morgan fingerprint density at radius 3 is 2.59 bits per heavy atom. The van der Waals surface area contributed by atoms with Gasteiger partial charge in [-0.05, 0) is 29.8 Å². The number of nitrogens with zero attached hydrogens (tertiary/aromatic N) is 4. The fourth-order valence-electron chi connectivity index (χ4n) is 3.94. The fourth-order valence-corrected chi connectivity index (χ4v) is 5.95. The minimum absolute atomic E-state index is 0.00316. The number of hydrogen-bond acceptors (Lipinski definition) is 7. The predicted molar refractivity (Wildman–Crippen MR) is 101 cm³/mol. The van der Waals surface area contributed by atoms with E-state index in [1.54, 1.807) is 23.4 Å². The van der Waals surface area contributed by atoms with Crippen molar-refractivity contribution in [1.29, 1.82) is 0 Å². The predicted octanol–water partition coefficient (Wildman–Crippen LogP) is 0.182. The van der Waals surface area contributed by atoms with Crippen LogP contribution < -0.4 is 5.73 Å². The standard InChI is InChI=1S/C18H21N5O3S/c19-17-9-14(3-6-21-17)18(24)23-8-7-22(10-13-1-4-20-5-2-13)15-11-27(25,26)12-16(15)23/h1-6,9,15-16H,7-8,10-12H2,(H2,19,21)/t15-,16+/m1/s1. The van der Waals surface area contributed by atoms with E-state index in [1.165, 1.54) is 12.3 Å². The van der Waals surface area contributed by atoms with Crippen molar-refractivity contribution in [3.8, 4) is 0 Å². The maximum absolute atomic E-state index is 13.0. The number of sulfone groups is 1. The summed E-state index contributed by atoms with van der Waals surface area (Å²) in [5.41, 5.74) is 7.21. The highest BCUT2D eigenvalue weighted by Gasteiger charge is 2.48. The zero-order chi connectivity index (χ0) is 19.0. The Morgan fingerprint density at radius 1 is 1.11 bits per heavy atom. The van der Waals surface area contributed by atoms with Crippen LogP contribution in [0.3, 0.4) is 0 Å². The number of piperazine rings is 1. The maximum atomic E-state index is 13.0. The first-order valence-electron chi connectivity index (χ1n) is 8.79. The summed E-state index contributed by atoms with van der Waals surface area (Å²) in [5, 5.41) is 0. The van der Waals surface area contributed by atoms with Crippen LogP contribution in [0.2, 0.25) is 0 Å². The normalized spacial score (nSPS) is 24.5. The van der Waals surface area contributed by atoms with E-state index >= 15 is 0 Å². The molecule has 27 heavy (non-hydrogen) atoms. The van der Waals surface area contributed by atoms with Crippen molar-refractivity contribution in [3.05, 3.63) is 54.0 Å². The first kappa shape index (κ1) is 17.9. The van der Waals surface area contributed by atoms with Gasteiger partial charge in [-0.2, -0.15) is 0 Å². The number of nitrogens with two attached hydrogens (primary N) is 1. The lowest BCUT2D eigenvalue weighted by Gasteiger charge is -2.44. The van der Waals surface area contributed by atoms with Crippen LogP contribution in [0.1, 0.15) is 15.9 Å². The van der Waals surface area contributed by atoms with E-state index in [2.05, 4.69) is 14.9 Å². The van der Waals surface area contributed by atoms with Gasteiger partial charge in [0.15, 0.2) is 9.84 Å². The first-order chi connectivity index (χ1) is 12.9. The maximum Gasteiger partial charge on any atom is 0.254 e. The molecular weight excluding hydrogens is 366 g/mol. The Kier molecular flexibility index (Phi) is 4.56. The Hall–Kier alpha value is -2.52. The van der Waals surface area contributed by atoms with Crippen molar-refractivity contribution < 1.29 is 13.2 Å². The topological polar surface area (TPSA) is 109 Å². The second kappa shape index (κ2) is 6.90. The quantitative estimate of drug-likeness (QED) is 0.800. The number of carbonyl (C=O) groups excluding carboxylic acids is 1. The van der Waals surface area contributed by atoms with Crippen molar-refractivity contribution in [2.24, 2.45) is 0 Å². The van der Waals surface area contributed by atoms with E-state index in [0.29, 0.717) is 25.2 Å². The van der Waals surface area contributed by atoms with Crippen LogP contribution in [0.25, 0.3) is 0 Å². The Morgan fingerprint density at radius 2 is 1.85 bits per heavy atom. The molecule has 8 nitrogen and oxygen atoms in total. The summed E-state index contributed by atoms with van der Waals surface area (Å²) in [4.78, 5) is 24.8. The Labute approximate surface area is 157 Å². The molecular formula is C18H21N5O3S. The van der Waals surface area contributed by atoms with Crippen LogP contribution in [0.4, 0.5) is 5.82 Å². The average Bonchev–Trinajstić information content (AvgIpc) is 2.98. The third-order valence-corrected chi connectivity index (χ3v) is 6.91. The third-order valence-electron chi connectivity index (χ3n) is 5.21. The van der Waals surface area contributed by atoms with Crippen LogP contribution in [-0.4, -0.2) is 70.8 Å². The molecule has 1 amide bonds. The fraction of sp³-hybridized carbons (Fsp3) is 0.389. The summed E-state index contributed by atoms with van der Waals surface area (Å²) in [5.74, 6) is 0.148. The lowest BCUT2D eigenvalue weighted by molar-refractivity contribution is 0.0306. The molecule has 2 aliphatic heterocycles. The van der Waals surface area contributed by atoms with E-state index in [0.717, 1.165) is 5.56 Å². The summed E-state index contributed by atoms with van der Waals surface area (Å²) >= 11 is 0. The number of anilines is 1. The largest absolute Gasteiger partial charge is 0.384 e. The third kappa shape index (κ3) is 3.65. The molecule has 0 spiro atoms. The molecule has 2 aliphatic rings. The molecule has 0 aromatic carbocycles. The molecule has 2 aromatic heterocycles. The van der Waals surface area contributed by atoms with Crippen LogP contribution >= 0.6 is 0 Å². The van der Waals surface area contributed by atoms with E-state index in [4.69, 9.17) is 5.73 Å². The monoisotopic (exact) mass is 387 g/mol. The molecule has 4 rings (SSSR count). The highest BCUT2D eigenvalue weighted by molar-refractivity contribution is 7.91. The summed E-state index contributed by atoms with van der Waals surface area (Å²) in [6, 6.07) is 6.43. The number of pyridine rings is 2. The molecule has 0 bridgehead atoms. The molecule has 9 heteroatoms. The summed E-state index contributed by atoms with van der Waals surface area (Å²) in [7, 11) is -3.20. The molecule has 2 saturated heterocycles. The lowest BCUT2D eigenvalue weighted by atomic mass is 10.0. The van der Waals surface area contributed by atoms with E-state index in [1.807, 2.05) is 12.1 Å². The number of rotatable bonds is 3. The number of aromatic nitrogens is 2. The molecule has 2 fully saturated rings. The summed E-state index contributed by atoms with van der Waals surface area (Å²) in [6.07, 6.45) is 4.95. The molecule has 142 valence electrons. The molecule has 0 aliphatic carbocycles. The van der Waals surface area contributed by atoms with Gasteiger partial charge in [0, 0.05) is 49.8 Å². The van der Waals surface area contributed by atoms with Gasteiger partial charge in [0.2, 0.25) is 0 Å². The second-order valence-electron chi connectivity index (χ2n) is 7.01. The SMILES string of the molecule is Nc1cc(C(=O)N2CCN(Cc3ccncc3)[C@@H]3CS(=O)(=O)C[C@@H]32)ccn1. The molecule has 0 saturated carbocycles.